The van der Waals surface area contributed by atoms with Crippen LogP contribution >= 0.6 is 15.9 Å². The molecule has 1 aliphatic heterocycles. The third-order valence-electron chi connectivity index (χ3n) is 2.47. The highest BCUT2D eigenvalue weighted by Gasteiger charge is 2.51. The minimum absolute atomic E-state index is 0.144. The van der Waals surface area contributed by atoms with Gasteiger partial charge in [0.15, 0.2) is 4.32 Å². The molecule has 0 spiro atoms. The minimum Gasteiger partial charge on any atom is -0.399 e. The van der Waals surface area contributed by atoms with Gasteiger partial charge in [-0.25, -0.2) is 5.01 Å². The fourth-order valence-corrected chi connectivity index (χ4v) is 2.53. The van der Waals surface area contributed by atoms with E-state index in [0.29, 0.717) is 5.71 Å². The molecule has 1 heterocycles. The van der Waals surface area contributed by atoms with E-state index < -0.39 is 4.32 Å². The summed E-state index contributed by atoms with van der Waals surface area (Å²) < 4.78 is -0.952. The highest BCUT2D eigenvalue weighted by atomic mass is 79.9. The van der Waals surface area contributed by atoms with Crippen LogP contribution in [0.15, 0.2) is 10.3 Å². The van der Waals surface area contributed by atoms with Gasteiger partial charge in [0, 0.05) is 7.05 Å². The maximum absolute atomic E-state index is 12.1. The van der Waals surface area contributed by atoms with E-state index in [1.807, 2.05) is 13.8 Å². The van der Waals surface area contributed by atoms with Gasteiger partial charge in [-0.05, 0) is 12.8 Å². The Morgan fingerprint density at radius 1 is 1.62 bits per heavy atom. The van der Waals surface area contributed by atoms with Crippen molar-refractivity contribution in [3.63, 3.8) is 0 Å². The van der Waals surface area contributed by atoms with Crippen LogP contribution in [0.2, 0.25) is 0 Å². The Morgan fingerprint density at radius 3 is 2.62 bits per heavy atom. The Balaban J connectivity index is 3.23. The summed E-state index contributed by atoms with van der Waals surface area (Å²) in [7, 11) is 3.09. The van der Waals surface area contributed by atoms with Crippen LogP contribution < -0.4 is 0 Å². The highest BCUT2D eigenvalue weighted by molar-refractivity contribution is 9.11. The van der Waals surface area contributed by atoms with Crippen molar-refractivity contribution < 1.29 is 9.63 Å². The number of hydrazone groups is 1. The topological polar surface area (TPSA) is 54.3 Å². The molecular weight excluding hydrogens is 274 g/mol. The second kappa shape index (κ2) is 4.53. The molecule has 0 aromatic carbocycles. The number of carbonyl (C=O) groups excluding carboxylic acids is 1. The van der Waals surface area contributed by atoms with E-state index in [9.17, 15) is 4.79 Å². The van der Waals surface area contributed by atoms with Crippen LogP contribution in [0.4, 0.5) is 0 Å². The molecule has 0 aliphatic carbocycles. The number of oxime groups is 1. The van der Waals surface area contributed by atoms with Crippen molar-refractivity contribution in [3.8, 4) is 0 Å². The van der Waals surface area contributed by atoms with Gasteiger partial charge >= 0.3 is 0 Å². The van der Waals surface area contributed by atoms with E-state index in [-0.39, 0.29) is 11.8 Å². The van der Waals surface area contributed by atoms with Crippen LogP contribution in [0.3, 0.4) is 0 Å². The molecule has 16 heavy (non-hydrogen) atoms. The molecule has 0 saturated carbocycles. The number of nitrogens with zero attached hydrogens (tertiary/aromatic N) is 3. The molecule has 0 aromatic heterocycles. The van der Waals surface area contributed by atoms with Crippen LogP contribution in [-0.4, -0.2) is 40.8 Å². The average molecular weight is 290 g/mol. The van der Waals surface area contributed by atoms with E-state index in [0.717, 1.165) is 5.71 Å². The lowest BCUT2D eigenvalue weighted by Gasteiger charge is -2.22. The molecule has 0 fully saturated rings. The average Bonchev–Trinajstić information content (AvgIpc) is 2.44. The van der Waals surface area contributed by atoms with E-state index >= 15 is 0 Å². The molecule has 1 rings (SSSR count). The van der Waals surface area contributed by atoms with E-state index in [1.165, 1.54) is 12.1 Å². The number of carbonyl (C=O) groups is 1. The van der Waals surface area contributed by atoms with Gasteiger partial charge in [-0.1, -0.05) is 34.9 Å². The Morgan fingerprint density at radius 2 is 2.19 bits per heavy atom. The number of rotatable bonds is 3. The number of halogens is 1. The molecule has 1 unspecified atom stereocenters. The zero-order chi connectivity index (χ0) is 12.5. The first-order valence-electron chi connectivity index (χ1n) is 5.00. The number of hydrogen-bond acceptors (Lipinski definition) is 4. The molecule has 0 aromatic rings. The Kier molecular flexibility index (Phi) is 3.72. The third kappa shape index (κ3) is 1.86. The normalized spacial score (nSPS) is 26.4. The third-order valence-corrected chi connectivity index (χ3v) is 3.79. The summed E-state index contributed by atoms with van der Waals surface area (Å²) in [4.78, 5) is 16.8. The summed E-state index contributed by atoms with van der Waals surface area (Å²) >= 11 is 3.45. The smallest absolute Gasteiger partial charge is 0.271 e. The lowest BCUT2D eigenvalue weighted by atomic mass is 9.91. The van der Waals surface area contributed by atoms with Crippen LogP contribution in [0, 0.1) is 5.92 Å². The monoisotopic (exact) mass is 289 g/mol. The maximum atomic E-state index is 12.1. The minimum atomic E-state index is -0.952. The fourth-order valence-electron chi connectivity index (χ4n) is 1.66. The van der Waals surface area contributed by atoms with Crippen LogP contribution in [0.5, 0.6) is 0 Å². The molecule has 0 radical (unpaired) electrons. The number of amides is 1. The van der Waals surface area contributed by atoms with Crippen LogP contribution in [0.1, 0.15) is 20.8 Å². The van der Waals surface area contributed by atoms with Crippen molar-refractivity contribution >= 4 is 33.3 Å². The highest BCUT2D eigenvalue weighted by Crippen LogP contribution is 2.33. The second-order valence-corrected chi connectivity index (χ2v) is 5.18. The zero-order valence-electron chi connectivity index (χ0n) is 10.1. The standard InChI is InChI=1S/C10H16BrN3O2/c1-6(2)8-10(11,7(3)13-16-5)9(15)14(4)12-8/h6H,1-5H3. The molecule has 1 amide bonds. The lowest BCUT2D eigenvalue weighted by molar-refractivity contribution is -0.127. The number of hydrogen-bond donors (Lipinski definition) is 0. The van der Waals surface area contributed by atoms with Crippen LogP contribution in [-0.2, 0) is 9.63 Å². The molecule has 5 nitrogen and oxygen atoms in total. The Bertz CT molecular complexity index is 365. The summed E-state index contributed by atoms with van der Waals surface area (Å²) in [5, 5.41) is 9.41. The predicted molar refractivity (Wildman–Crippen MR) is 66.8 cm³/mol. The van der Waals surface area contributed by atoms with Crippen molar-refractivity contribution in [2.75, 3.05) is 14.2 Å². The van der Waals surface area contributed by atoms with Gasteiger partial charge in [0.1, 0.15) is 7.11 Å². The molecule has 6 heteroatoms. The van der Waals surface area contributed by atoms with Gasteiger partial charge in [0.2, 0.25) is 0 Å². The van der Waals surface area contributed by atoms with Crippen molar-refractivity contribution in [2.45, 2.75) is 25.1 Å². The quantitative estimate of drug-likeness (QED) is 0.450. The molecule has 90 valence electrons. The molecule has 0 bridgehead atoms. The van der Waals surface area contributed by atoms with Gasteiger partial charge in [-0.15, -0.1) is 0 Å². The van der Waals surface area contributed by atoms with Crippen LogP contribution in [0.25, 0.3) is 0 Å². The zero-order valence-corrected chi connectivity index (χ0v) is 11.7. The van der Waals surface area contributed by atoms with Gasteiger partial charge in [-0.2, -0.15) is 5.10 Å². The fraction of sp³-hybridized carbons (Fsp3) is 0.700. The predicted octanol–water partition coefficient (Wildman–Crippen LogP) is 1.63. The summed E-state index contributed by atoms with van der Waals surface area (Å²) in [6.07, 6.45) is 0. The number of alkyl halides is 1. The van der Waals surface area contributed by atoms with Gasteiger partial charge < -0.3 is 4.84 Å². The maximum Gasteiger partial charge on any atom is 0.271 e. The summed E-state index contributed by atoms with van der Waals surface area (Å²) in [5.74, 6) is 0.00443. The molecule has 1 atom stereocenters. The van der Waals surface area contributed by atoms with Gasteiger partial charge in [0.05, 0.1) is 11.4 Å². The van der Waals surface area contributed by atoms with Crippen molar-refractivity contribution in [2.24, 2.45) is 16.2 Å². The first-order valence-corrected chi connectivity index (χ1v) is 5.79. The van der Waals surface area contributed by atoms with Gasteiger partial charge in [-0.3, -0.25) is 4.79 Å². The van der Waals surface area contributed by atoms with Crippen molar-refractivity contribution in [3.05, 3.63) is 0 Å². The van der Waals surface area contributed by atoms with E-state index in [4.69, 9.17) is 4.84 Å². The molecule has 0 N–H and O–H groups in total. The van der Waals surface area contributed by atoms with E-state index in [1.54, 1.807) is 14.0 Å². The second-order valence-electron chi connectivity index (χ2n) is 3.99. The summed E-state index contributed by atoms with van der Waals surface area (Å²) in [6.45, 7) is 5.72. The first-order chi connectivity index (χ1) is 7.35. The Labute approximate surface area is 104 Å². The van der Waals surface area contributed by atoms with Crippen molar-refractivity contribution in [1.82, 2.24) is 5.01 Å². The van der Waals surface area contributed by atoms with Crippen molar-refractivity contribution in [1.29, 1.82) is 0 Å². The lowest BCUT2D eigenvalue weighted by Crippen LogP contribution is -2.47. The van der Waals surface area contributed by atoms with E-state index in [2.05, 4.69) is 26.2 Å². The SMILES string of the molecule is CON=C(C)C1(Br)C(=O)N(C)N=C1C(C)C. The Hall–Kier alpha value is -0.910. The van der Waals surface area contributed by atoms with Gasteiger partial charge in [0.25, 0.3) is 5.91 Å². The first kappa shape index (κ1) is 13.2. The summed E-state index contributed by atoms with van der Waals surface area (Å²) in [5.41, 5.74) is 1.30. The molecular formula is C10H16BrN3O2. The molecule has 1 aliphatic rings. The largest absolute Gasteiger partial charge is 0.399 e. The molecule has 0 saturated heterocycles. The summed E-state index contributed by atoms with van der Waals surface area (Å²) in [6, 6.07) is 0.